The van der Waals surface area contributed by atoms with E-state index in [9.17, 15) is 4.39 Å². The van der Waals surface area contributed by atoms with Crippen molar-refractivity contribution in [3.8, 4) is 5.88 Å². The van der Waals surface area contributed by atoms with Crippen LogP contribution in [0.25, 0.3) is 5.65 Å². The van der Waals surface area contributed by atoms with E-state index in [2.05, 4.69) is 37.2 Å². The zero-order chi connectivity index (χ0) is 21.4. The lowest BCUT2D eigenvalue weighted by molar-refractivity contribution is 0.396. The molecule has 158 valence electrons. The Morgan fingerprint density at radius 3 is 2.90 bits per heavy atom. The van der Waals surface area contributed by atoms with Gasteiger partial charge in [0.2, 0.25) is 5.88 Å². The Bertz CT molecular complexity index is 1130. The number of fused-ring (bicyclic) bond motifs is 1. The first-order valence-electron chi connectivity index (χ1n) is 9.55. The Morgan fingerprint density at radius 2 is 2.17 bits per heavy atom. The molecule has 0 bridgehead atoms. The second-order valence-corrected chi connectivity index (χ2v) is 7.23. The summed E-state index contributed by atoms with van der Waals surface area (Å²) in [5.74, 6) is 0.935. The van der Waals surface area contributed by atoms with Gasteiger partial charge in [-0.05, 0) is 13.8 Å². The van der Waals surface area contributed by atoms with Crippen molar-refractivity contribution in [1.82, 2.24) is 24.9 Å². The van der Waals surface area contributed by atoms with Crippen LogP contribution in [-0.2, 0) is 0 Å². The standard InChI is InChI=1S/C19H24FN9O/c1-10-8-28(5-4-23-10)15-7-14(21)16(19(26-15)30-3)17(22)25-12-6-13(20)18-24-11(2)27-29(18)9-12/h6-7,9-10,23H,4-5,8H2,1-3H3,(H2,21,26)(H2,22,25). The molecule has 1 fully saturated rings. The van der Waals surface area contributed by atoms with E-state index < -0.39 is 5.82 Å². The molecule has 1 aliphatic heterocycles. The van der Waals surface area contributed by atoms with Gasteiger partial charge in [0.05, 0.1) is 24.7 Å². The minimum Gasteiger partial charge on any atom is -0.480 e. The van der Waals surface area contributed by atoms with Crippen molar-refractivity contribution in [3.05, 3.63) is 35.5 Å². The molecule has 11 heteroatoms. The first-order valence-corrected chi connectivity index (χ1v) is 9.55. The molecule has 0 aliphatic carbocycles. The summed E-state index contributed by atoms with van der Waals surface area (Å²) in [5, 5.41) is 7.51. The second-order valence-electron chi connectivity index (χ2n) is 7.23. The monoisotopic (exact) mass is 413 g/mol. The molecule has 1 aliphatic rings. The summed E-state index contributed by atoms with van der Waals surface area (Å²) >= 11 is 0. The van der Waals surface area contributed by atoms with Gasteiger partial charge in [0.15, 0.2) is 11.5 Å². The number of amidine groups is 1. The van der Waals surface area contributed by atoms with Gasteiger partial charge in [-0.25, -0.2) is 18.9 Å². The zero-order valence-electron chi connectivity index (χ0n) is 17.1. The van der Waals surface area contributed by atoms with E-state index in [4.69, 9.17) is 16.2 Å². The lowest BCUT2D eigenvalue weighted by Gasteiger charge is -2.33. The number of hydrogen-bond donors (Lipinski definition) is 3. The highest BCUT2D eigenvalue weighted by molar-refractivity contribution is 6.05. The highest BCUT2D eigenvalue weighted by atomic mass is 19.1. The zero-order valence-corrected chi connectivity index (χ0v) is 17.1. The number of ether oxygens (including phenoxy) is 1. The highest BCUT2D eigenvalue weighted by Crippen LogP contribution is 2.29. The third-order valence-corrected chi connectivity index (χ3v) is 4.87. The normalized spacial score (nSPS) is 17.5. The van der Waals surface area contributed by atoms with E-state index in [1.807, 2.05) is 0 Å². The van der Waals surface area contributed by atoms with Gasteiger partial charge in [0.1, 0.15) is 23.0 Å². The predicted molar refractivity (Wildman–Crippen MR) is 113 cm³/mol. The topological polar surface area (TPSA) is 132 Å². The number of anilines is 2. The van der Waals surface area contributed by atoms with E-state index >= 15 is 0 Å². The average Bonchev–Trinajstić information content (AvgIpc) is 3.08. The lowest BCUT2D eigenvalue weighted by Crippen LogP contribution is -2.49. The number of nitrogens with two attached hydrogens (primary N) is 2. The number of nitrogens with zero attached hydrogens (tertiary/aromatic N) is 6. The SMILES string of the molecule is COc1nc(N2CCNC(C)C2)cc(N)c1C(N)=Nc1cc(F)c2nc(C)nn2c1. The van der Waals surface area contributed by atoms with Crippen LogP contribution in [0.3, 0.4) is 0 Å². The summed E-state index contributed by atoms with van der Waals surface area (Å²) in [6.07, 6.45) is 1.54. The molecule has 10 nitrogen and oxygen atoms in total. The van der Waals surface area contributed by atoms with Gasteiger partial charge < -0.3 is 26.4 Å². The highest BCUT2D eigenvalue weighted by Gasteiger charge is 2.22. The predicted octanol–water partition coefficient (Wildman–Crippen LogP) is 0.998. The molecule has 1 unspecified atom stereocenters. The van der Waals surface area contributed by atoms with Crippen molar-refractivity contribution >= 4 is 28.7 Å². The second kappa shape index (κ2) is 7.75. The van der Waals surface area contributed by atoms with Gasteiger partial charge >= 0.3 is 0 Å². The number of pyridine rings is 2. The molecular weight excluding hydrogens is 389 g/mol. The van der Waals surface area contributed by atoms with Gasteiger partial charge in [-0.3, -0.25) is 0 Å². The van der Waals surface area contributed by atoms with Crippen LogP contribution in [0.2, 0.25) is 0 Å². The summed E-state index contributed by atoms with van der Waals surface area (Å²) in [5.41, 5.74) is 13.6. The maximum atomic E-state index is 14.3. The van der Waals surface area contributed by atoms with Crippen LogP contribution in [0, 0.1) is 12.7 Å². The summed E-state index contributed by atoms with van der Waals surface area (Å²) in [6, 6.07) is 3.33. The average molecular weight is 413 g/mol. The number of hydrogen-bond acceptors (Lipinski definition) is 8. The summed E-state index contributed by atoms with van der Waals surface area (Å²) < 4.78 is 21.1. The Hall–Kier alpha value is -3.47. The molecule has 4 heterocycles. The first-order chi connectivity index (χ1) is 14.4. The van der Waals surface area contributed by atoms with Crippen molar-refractivity contribution in [3.63, 3.8) is 0 Å². The molecule has 30 heavy (non-hydrogen) atoms. The minimum absolute atomic E-state index is 0.0627. The molecule has 0 spiro atoms. The van der Waals surface area contributed by atoms with E-state index in [0.717, 1.165) is 19.6 Å². The molecule has 4 rings (SSSR count). The molecule has 0 saturated carbocycles. The molecule has 0 amide bonds. The van der Waals surface area contributed by atoms with Crippen LogP contribution in [0.4, 0.5) is 21.6 Å². The van der Waals surface area contributed by atoms with Crippen LogP contribution in [0.15, 0.2) is 23.3 Å². The van der Waals surface area contributed by atoms with Crippen molar-refractivity contribution in [2.75, 3.05) is 37.4 Å². The lowest BCUT2D eigenvalue weighted by atomic mass is 10.1. The van der Waals surface area contributed by atoms with Crippen LogP contribution >= 0.6 is 0 Å². The number of nitrogen functional groups attached to an aromatic ring is 1. The molecule has 1 saturated heterocycles. The third-order valence-electron chi connectivity index (χ3n) is 4.87. The minimum atomic E-state index is -0.550. The summed E-state index contributed by atoms with van der Waals surface area (Å²) in [7, 11) is 1.49. The molecule has 0 radical (unpaired) electrons. The third kappa shape index (κ3) is 3.71. The van der Waals surface area contributed by atoms with Crippen molar-refractivity contribution < 1.29 is 9.13 Å². The smallest absolute Gasteiger partial charge is 0.228 e. The maximum Gasteiger partial charge on any atom is 0.228 e. The fraction of sp³-hybridized carbons (Fsp3) is 0.368. The Labute approximate surface area is 172 Å². The molecule has 0 aromatic carbocycles. The number of piperazine rings is 1. The van der Waals surface area contributed by atoms with Gasteiger partial charge in [-0.15, -0.1) is 0 Å². The molecular formula is C19H24FN9O. The quantitative estimate of drug-likeness (QED) is 0.426. The number of aliphatic imine (C=N–C) groups is 1. The van der Waals surface area contributed by atoms with E-state index in [0.29, 0.717) is 28.9 Å². The first kappa shape index (κ1) is 19.8. The van der Waals surface area contributed by atoms with Crippen molar-refractivity contribution in [1.29, 1.82) is 0 Å². The maximum absolute atomic E-state index is 14.3. The molecule has 1 atom stereocenters. The van der Waals surface area contributed by atoms with Crippen LogP contribution in [0.5, 0.6) is 5.88 Å². The van der Waals surface area contributed by atoms with Gasteiger partial charge in [-0.2, -0.15) is 10.1 Å². The van der Waals surface area contributed by atoms with E-state index in [1.165, 1.54) is 23.9 Å². The molecule has 5 N–H and O–H groups in total. The summed E-state index contributed by atoms with van der Waals surface area (Å²) in [6.45, 7) is 6.25. The number of halogens is 1. The number of methoxy groups -OCH3 is 1. The van der Waals surface area contributed by atoms with E-state index in [1.54, 1.807) is 13.0 Å². The number of rotatable bonds is 4. The van der Waals surface area contributed by atoms with Crippen LogP contribution in [0.1, 0.15) is 18.3 Å². The van der Waals surface area contributed by atoms with Crippen LogP contribution in [-0.4, -0.2) is 58.2 Å². The fourth-order valence-corrected chi connectivity index (χ4v) is 3.53. The molecule has 3 aromatic rings. The number of aryl methyl sites for hydroxylation is 1. The van der Waals surface area contributed by atoms with Gasteiger partial charge in [0.25, 0.3) is 0 Å². The van der Waals surface area contributed by atoms with Gasteiger partial charge in [0, 0.05) is 37.8 Å². The van der Waals surface area contributed by atoms with Crippen LogP contribution < -0.4 is 26.4 Å². The van der Waals surface area contributed by atoms with E-state index in [-0.39, 0.29) is 23.1 Å². The van der Waals surface area contributed by atoms with Crippen molar-refractivity contribution in [2.45, 2.75) is 19.9 Å². The van der Waals surface area contributed by atoms with Crippen molar-refractivity contribution in [2.24, 2.45) is 10.7 Å². The fourth-order valence-electron chi connectivity index (χ4n) is 3.53. The molecule has 3 aromatic heterocycles. The number of nitrogens with one attached hydrogen (secondary N) is 1. The summed E-state index contributed by atoms with van der Waals surface area (Å²) in [4.78, 5) is 15.1. The Kier molecular flexibility index (Phi) is 5.12. The Morgan fingerprint density at radius 1 is 1.37 bits per heavy atom. The largest absolute Gasteiger partial charge is 0.480 e. The van der Waals surface area contributed by atoms with Gasteiger partial charge in [-0.1, -0.05) is 0 Å². The number of aromatic nitrogens is 4. The Balaban J connectivity index is 1.72.